The summed E-state index contributed by atoms with van der Waals surface area (Å²) in [6.07, 6.45) is 3.82. The van der Waals surface area contributed by atoms with E-state index in [-0.39, 0.29) is 16.1 Å². The smallest absolute Gasteiger partial charge is 0.257 e. The Morgan fingerprint density at radius 3 is 2.62 bits per heavy atom. The number of amides is 1. The number of hydrogen-bond acceptors (Lipinski definition) is 2. The van der Waals surface area contributed by atoms with E-state index in [1.165, 1.54) is 12.1 Å². The first-order valence-corrected chi connectivity index (χ1v) is 8.85. The standard InChI is InChI=1S/C20H16ClFN2O2/c21-17-9-11(22)5-7-16(17)20(26)23-12-6-8-14-13-3-1-2-4-15(13)19(25)24-18(14)10-12/h5-10H,1-4H2,(H,23,26)(H,24,25). The van der Waals surface area contributed by atoms with Crippen LogP contribution in [-0.4, -0.2) is 10.9 Å². The summed E-state index contributed by atoms with van der Waals surface area (Å²) in [6.45, 7) is 0. The molecule has 4 rings (SSSR count). The van der Waals surface area contributed by atoms with Crippen LogP contribution in [0.15, 0.2) is 41.2 Å². The number of aromatic nitrogens is 1. The number of H-pyrrole nitrogens is 1. The van der Waals surface area contributed by atoms with Gasteiger partial charge in [-0.15, -0.1) is 0 Å². The number of fused-ring (bicyclic) bond motifs is 3. The van der Waals surface area contributed by atoms with E-state index < -0.39 is 11.7 Å². The highest BCUT2D eigenvalue weighted by Gasteiger charge is 2.17. The third kappa shape index (κ3) is 2.99. The Morgan fingerprint density at radius 1 is 1.08 bits per heavy atom. The van der Waals surface area contributed by atoms with Crippen LogP contribution in [-0.2, 0) is 12.8 Å². The van der Waals surface area contributed by atoms with Crippen LogP contribution in [0, 0.1) is 5.82 Å². The van der Waals surface area contributed by atoms with Crippen molar-refractivity contribution < 1.29 is 9.18 Å². The number of hydrogen-bond donors (Lipinski definition) is 2. The monoisotopic (exact) mass is 370 g/mol. The van der Waals surface area contributed by atoms with Crippen molar-refractivity contribution in [2.24, 2.45) is 0 Å². The molecule has 6 heteroatoms. The van der Waals surface area contributed by atoms with E-state index in [0.29, 0.717) is 11.2 Å². The Bertz CT molecular complexity index is 1090. The van der Waals surface area contributed by atoms with E-state index in [1.54, 1.807) is 12.1 Å². The number of aryl methyl sites for hydroxylation is 1. The van der Waals surface area contributed by atoms with Gasteiger partial charge in [0.1, 0.15) is 5.82 Å². The fourth-order valence-corrected chi connectivity index (χ4v) is 3.76. The first-order chi connectivity index (χ1) is 12.5. The number of carbonyl (C=O) groups is 1. The maximum Gasteiger partial charge on any atom is 0.257 e. The number of carbonyl (C=O) groups excluding carboxylic acids is 1. The van der Waals surface area contributed by atoms with Crippen LogP contribution >= 0.6 is 11.6 Å². The summed E-state index contributed by atoms with van der Waals surface area (Å²) in [5.74, 6) is -0.936. The Morgan fingerprint density at radius 2 is 1.85 bits per heavy atom. The average molecular weight is 371 g/mol. The third-order valence-electron chi connectivity index (χ3n) is 4.77. The van der Waals surface area contributed by atoms with Crippen molar-refractivity contribution in [1.82, 2.24) is 4.98 Å². The fraction of sp³-hybridized carbons (Fsp3) is 0.200. The van der Waals surface area contributed by atoms with E-state index in [2.05, 4.69) is 10.3 Å². The van der Waals surface area contributed by atoms with Crippen molar-refractivity contribution in [1.29, 1.82) is 0 Å². The molecule has 0 spiro atoms. The van der Waals surface area contributed by atoms with Crippen molar-refractivity contribution >= 4 is 34.1 Å². The molecule has 4 nitrogen and oxygen atoms in total. The van der Waals surface area contributed by atoms with E-state index >= 15 is 0 Å². The molecule has 0 fully saturated rings. The summed E-state index contributed by atoms with van der Waals surface area (Å²) < 4.78 is 13.1. The molecule has 2 N–H and O–H groups in total. The zero-order valence-corrected chi connectivity index (χ0v) is 14.6. The van der Waals surface area contributed by atoms with Crippen molar-refractivity contribution in [3.63, 3.8) is 0 Å². The van der Waals surface area contributed by atoms with Gasteiger partial charge in [0.05, 0.1) is 16.1 Å². The predicted molar refractivity (Wildman–Crippen MR) is 101 cm³/mol. The van der Waals surface area contributed by atoms with Gasteiger partial charge < -0.3 is 10.3 Å². The van der Waals surface area contributed by atoms with Crippen LogP contribution in [0.1, 0.15) is 34.3 Å². The molecule has 1 heterocycles. The average Bonchev–Trinajstić information content (AvgIpc) is 2.61. The second-order valence-electron chi connectivity index (χ2n) is 6.46. The lowest BCUT2D eigenvalue weighted by Crippen LogP contribution is -2.19. The quantitative estimate of drug-likeness (QED) is 0.700. The lowest BCUT2D eigenvalue weighted by molar-refractivity contribution is 0.102. The minimum absolute atomic E-state index is 0.0470. The minimum Gasteiger partial charge on any atom is -0.322 e. The van der Waals surface area contributed by atoms with Crippen molar-refractivity contribution in [2.45, 2.75) is 25.7 Å². The number of rotatable bonds is 2. The van der Waals surface area contributed by atoms with Gasteiger partial charge in [0.15, 0.2) is 0 Å². The summed E-state index contributed by atoms with van der Waals surface area (Å²) in [4.78, 5) is 27.6. The second kappa shape index (κ2) is 6.57. The maximum atomic E-state index is 13.1. The molecular weight excluding hydrogens is 355 g/mol. The Balaban J connectivity index is 1.69. The summed E-state index contributed by atoms with van der Waals surface area (Å²) >= 11 is 5.94. The Labute approximate surface area is 154 Å². The second-order valence-corrected chi connectivity index (χ2v) is 6.86. The highest BCUT2D eigenvalue weighted by Crippen LogP contribution is 2.27. The summed E-state index contributed by atoms with van der Waals surface area (Å²) in [6, 6.07) is 9.07. The molecule has 0 bridgehead atoms. The number of benzene rings is 2. The molecule has 0 aliphatic heterocycles. The van der Waals surface area contributed by atoms with Crippen molar-refractivity contribution in [3.8, 4) is 0 Å². The fourth-order valence-electron chi connectivity index (χ4n) is 3.51. The van der Waals surface area contributed by atoms with Crippen LogP contribution in [0.2, 0.25) is 5.02 Å². The van der Waals surface area contributed by atoms with Gasteiger partial charge in [0.2, 0.25) is 0 Å². The lowest BCUT2D eigenvalue weighted by atomic mass is 9.90. The largest absolute Gasteiger partial charge is 0.322 e. The van der Waals surface area contributed by atoms with Gasteiger partial charge in [-0.1, -0.05) is 17.7 Å². The van der Waals surface area contributed by atoms with Gasteiger partial charge in [-0.3, -0.25) is 9.59 Å². The SMILES string of the molecule is O=C(Nc1ccc2c3c(c(=O)[nH]c2c1)CCCC3)c1ccc(F)cc1Cl. The van der Waals surface area contributed by atoms with Gasteiger partial charge in [-0.2, -0.15) is 0 Å². The zero-order valence-electron chi connectivity index (χ0n) is 13.9. The van der Waals surface area contributed by atoms with E-state index in [9.17, 15) is 14.0 Å². The van der Waals surface area contributed by atoms with E-state index in [0.717, 1.165) is 48.3 Å². The Hall–Kier alpha value is -2.66. The molecule has 1 aliphatic rings. The van der Waals surface area contributed by atoms with Crippen LogP contribution in [0.25, 0.3) is 10.9 Å². The maximum absolute atomic E-state index is 13.1. The molecule has 1 aromatic heterocycles. The Kier molecular flexibility index (Phi) is 4.24. The predicted octanol–water partition coefficient (Wildman–Crippen LogP) is 4.45. The molecule has 1 amide bonds. The van der Waals surface area contributed by atoms with Crippen LogP contribution in [0.4, 0.5) is 10.1 Å². The number of aromatic amines is 1. The zero-order chi connectivity index (χ0) is 18.3. The molecule has 0 radical (unpaired) electrons. The normalized spacial score (nSPS) is 13.5. The van der Waals surface area contributed by atoms with Gasteiger partial charge in [0.25, 0.3) is 11.5 Å². The number of anilines is 1. The van der Waals surface area contributed by atoms with Gasteiger partial charge >= 0.3 is 0 Å². The number of pyridine rings is 1. The van der Waals surface area contributed by atoms with Crippen LogP contribution in [0.5, 0.6) is 0 Å². The summed E-state index contributed by atoms with van der Waals surface area (Å²) in [5.41, 5.74) is 3.34. The van der Waals surface area contributed by atoms with Gasteiger partial charge in [-0.05, 0) is 61.6 Å². The highest BCUT2D eigenvalue weighted by molar-refractivity contribution is 6.34. The third-order valence-corrected chi connectivity index (χ3v) is 5.08. The van der Waals surface area contributed by atoms with E-state index in [4.69, 9.17) is 11.6 Å². The van der Waals surface area contributed by atoms with Gasteiger partial charge in [-0.25, -0.2) is 4.39 Å². The van der Waals surface area contributed by atoms with Crippen molar-refractivity contribution in [2.75, 3.05) is 5.32 Å². The summed E-state index contributed by atoms with van der Waals surface area (Å²) in [7, 11) is 0. The van der Waals surface area contributed by atoms with Crippen molar-refractivity contribution in [3.05, 3.63) is 74.3 Å². The molecule has 1 aliphatic carbocycles. The minimum atomic E-state index is -0.500. The highest BCUT2D eigenvalue weighted by atomic mass is 35.5. The lowest BCUT2D eigenvalue weighted by Gasteiger charge is -2.17. The molecular formula is C20H16ClFN2O2. The molecule has 3 aromatic rings. The molecule has 26 heavy (non-hydrogen) atoms. The first-order valence-electron chi connectivity index (χ1n) is 8.47. The first kappa shape index (κ1) is 16.8. The topological polar surface area (TPSA) is 62.0 Å². The molecule has 0 unspecified atom stereocenters. The molecule has 0 atom stereocenters. The summed E-state index contributed by atoms with van der Waals surface area (Å²) in [5, 5.41) is 3.80. The molecule has 0 saturated heterocycles. The molecule has 2 aromatic carbocycles. The van der Waals surface area contributed by atoms with Crippen LogP contribution in [0.3, 0.4) is 0 Å². The van der Waals surface area contributed by atoms with E-state index in [1.807, 2.05) is 6.07 Å². The number of halogens is 2. The molecule has 132 valence electrons. The van der Waals surface area contributed by atoms with Crippen LogP contribution < -0.4 is 10.9 Å². The van der Waals surface area contributed by atoms with Gasteiger partial charge in [0, 0.05) is 16.6 Å². The molecule has 0 saturated carbocycles. The number of nitrogens with one attached hydrogen (secondary N) is 2.